The molecule has 2 aromatic heterocycles. The number of rotatable bonds is 5. The van der Waals surface area contributed by atoms with Gasteiger partial charge in [-0.25, -0.2) is 14.8 Å². The lowest BCUT2D eigenvalue weighted by Gasteiger charge is -2.23. The molecule has 146 valence electrons. The highest BCUT2D eigenvalue weighted by atomic mass is 35.5. The fourth-order valence-electron chi connectivity index (χ4n) is 2.32. The summed E-state index contributed by atoms with van der Waals surface area (Å²) >= 11 is 1.36. The quantitative estimate of drug-likeness (QED) is 0.725. The number of esters is 1. The van der Waals surface area contributed by atoms with E-state index in [-0.39, 0.29) is 29.5 Å². The molecule has 0 unspecified atom stereocenters. The number of carbonyl (C=O) groups excluding carboxylic acids is 1. The van der Waals surface area contributed by atoms with Crippen LogP contribution in [-0.2, 0) is 11.3 Å². The molecule has 0 aliphatic heterocycles. The van der Waals surface area contributed by atoms with Gasteiger partial charge in [0.05, 0.1) is 12.0 Å². The normalized spacial score (nSPS) is 12.0. The van der Waals surface area contributed by atoms with E-state index in [9.17, 15) is 4.79 Å². The number of aromatic nitrogens is 2. The third-order valence-electron chi connectivity index (χ3n) is 3.34. The molecule has 2 rings (SSSR count). The number of thiophene rings is 1. The summed E-state index contributed by atoms with van der Waals surface area (Å²) in [5, 5.41) is 7.77. The first-order valence-corrected chi connectivity index (χ1v) is 9.30. The molecule has 2 aromatic rings. The maximum absolute atomic E-state index is 12.4. The zero-order chi connectivity index (χ0) is 18.8. The molecule has 0 radical (unpaired) electrons. The molecule has 0 spiro atoms. The van der Waals surface area contributed by atoms with E-state index in [4.69, 9.17) is 4.74 Å². The SMILES string of the molecule is CCOC(=O)c1sc2ncnc(NC(C)(C)C)c2c1CNC(C)(C)C.Cl. The Kier molecular flexibility index (Phi) is 7.39. The highest BCUT2D eigenvalue weighted by Gasteiger charge is 2.25. The van der Waals surface area contributed by atoms with Crippen LogP contribution in [0.4, 0.5) is 5.82 Å². The van der Waals surface area contributed by atoms with E-state index in [1.54, 1.807) is 0 Å². The number of carbonyl (C=O) groups is 1. The molecule has 2 heterocycles. The molecule has 0 saturated heterocycles. The fraction of sp³-hybridized carbons (Fsp3) is 0.611. The van der Waals surface area contributed by atoms with Crippen LogP contribution in [0.5, 0.6) is 0 Å². The average molecular weight is 401 g/mol. The van der Waals surface area contributed by atoms with Crippen molar-refractivity contribution in [3.05, 3.63) is 16.8 Å². The molecule has 8 heteroatoms. The molecule has 26 heavy (non-hydrogen) atoms. The van der Waals surface area contributed by atoms with Gasteiger partial charge in [-0.05, 0) is 48.5 Å². The maximum Gasteiger partial charge on any atom is 0.348 e. The van der Waals surface area contributed by atoms with Crippen LogP contribution in [0.3, 0.4) is 0 Å². The number of nitrogens with zero attached hydrogens (tertiary/aromatic N) is 2. The summed E-state index contributed by atoms with van der Waals surface area (Å²) in [6.07, 6.45) is 1.53. The second-order valence-electron chi connectivity index (χ2n) is 8.01. The van der Waals surface area contributed by atoms with E-state index in [0.29, 0.717) is 18.0 Å². The van der Waals surface area contributed by atoms with Crippen LogP contribution < -0.4 is 10.6 Å². The lowest BCUT2D eigenvalue weighted by molar-refractivity contribution is 0.0530. The molecule has 2 N–H and O–H groups in total. The van der Waals surface area contributed by atoms with Crippen molar-refractivity contribution >= 4 is 45.7 Å². The van der Waals surface area contributed by atoms with Crippen LogP contribution in [0.1, 0.15) is 63.7 Å². The third kappa shape index (κ3) is 5.79. The number of fused-ring (bicyclic) bond motifs is 1. The van der Waals surface area contributed by atoms with Gasteiger partial charge in [-0.15, -0.1) is 23.7 Å². The van der Waals surface area contributed by atoms with E-state index in [1.165, 1.54) is 17.7 Å². The minimum atomic E-state index is -0.307. The Morgan fingerprint density at radius 2 is 1.81 bits per heavy atom. The number of ether oxygens (including phenoxy) is 1. The van der Waals surface area contributed by atoms with E-state index in [2.05, 4.69) is 62.1 Å². The average Bonchev–Trinajstić information content (AvgIpc) is 2.83. The van der Waals surface area contributed by atoms with Gasteiger partial charge in [0.25, 0.3) is 0 Å². The van der Waals surface area contributed by atoms with Crippen LogP contribution >= 0.6 is 23.7 Å². The van der Waals surface area contributed by atoms with Gasteiger partial charge in [0.2, 0.25) is 0 Å². The van der Waals surface area contributed by atoms with Crippen molar-refractivity contribution in [1.82, 2.24) is 15.3 Å². The van der Waals surface area contributed by atoms with Crippen molar-refractivity contribution in [2.45, 2.75) is 66.1 Å². The zero-order valence-electron chi connectivity index (χ0n) is 16.5. The monoisotopic (exact) mass is 400 g/mol. The van der Waals surface area contributed by atoms with Gasteiger partial charge in [0.15, 0.2) is 0 Å². The van der Waals surface area contributed by atoms with E-state index >= 15 is 0 Å². The first kappa shape index (κ1) is 22.6. The first-order chi connectivity index (χ1) is 11.5. The third-order valence-corrected chi connectivity index (χ3v) is 4.46. The topological polar surface area (TPSA) is 76.1 Å². The Morgan fingerprint density at radius 1 is 1.15 bits per heavy atom. The molecule has 0 bridgehead atoms. The Hall–Kier alpha value is -1.44. The minimum Gasteiger partial charge on any atom is -0.462 e. The Bertz CT molecular complexity index is 763. The van der Waals surface area contributed by atoms with Crippen LogP contribution in [-0.4, -0.2) is 33.6 Å². The molecule has 0 saturated carbocycles. The molecule has 0 aliphatic carbocycles. The van der Waals surface area contributed by atoms with E-state index in [1.807, 2.05) is 6.92 Å². The molecular weight excluding hydrogens is 372 g/mol. The summed E-state index contributed by atoms with van der Waals surface area (Å²) < 4.78 is 5.25. The number of hydrogen-bond donors (Lipinski definition) is 2. The van der Waals surface area contributed by atoms with Gasteiger partial charge < -0.3 is 15.4 Å². The van der Waals surface area contributed by atoms with Crippen LogP contribution in [0.15, 0.2) is 6.33 Å². The standard InChI is InChI=1S/C18H28N4O2S.ClH/c1-8-24-16(23)13-11(9-21-17(2,3)4)12-14(22-18(5,6)7)19-10-20-15(12)25-13;/h10,21H,8-9H2,1-7H3,(H,19,20,22);1H. The number of halogens is 1. The van der Waals surface area contributed by atoms with Crippen molar-refractivity contribution < 1.29 is 9.53 Å². The smallest absolute Gasteiger partial charge is 0.348 e. The number of nitrogens with one attached hydrogen (secondary N) is 2. The first-order valence-electron chi connectivity index (χ1n) is 8.48. The number of anilines is 1. The highest BCUT2D eigenvalue weighted by Crippen LogP contribution is 2.35. The van der Waals surface area contributed by atoms with Gasteiger partial charge in [0.1, 0.15) is 21.9 Å². The van der Waals surface area contributed by atoms with Crippen LogP contribution in [0.2, 0.25) is 0 Å². The fourth-order valence-corrected chi connectivity index (χ4v) is 3.38. The zero-order valence-corrected chi connectivity index (χ0v) is 18.2. The summed E-state index contributed by atoms with van der Waals surface area (Å²) in [5.41, 5.74) is 0.663. The summed E-state index contributed by atoms with van der Waals surface area (Å²) in [4.78, 5) is 22.6. The minimum absolute atomic E-state index is 0. The van der Waals surface area contributed by atoms with E-state index < -0.39 is 0 Å². The predicted octanol–water partition coefficient (Wildman–Crippen LogP) is 4.39. The number of hydrogen-bond acceptors (Lipinski definition) is 7. The van der Waals surface area contributed by atoms with Crippen molar-refractivity contribution in [3.63, 3.8) is 0 Å². The molecule has 0 amide bonds. The van der Waals surface area contributed by atoms with Gasteiger partial charge >= 0.3 is 5.97 Å². The lowest BCUT2D eigenvalue weighted by Crippen LogP contribution is -2.35. The summed E-state index contributed by atoms with van der Waals surface area (Å²) in [6.45, 7) is 15.2. The summed E-state index contributed by atoms with van der Waals surface area (Å²) in [5.74, 6) is 0.438. The Labute approximate surface area is 165 Å². The highest BCUT2D eigenvalue weighted by molar-refractivity contribution is 7.20. The Balaban J connectivity index is 0.00000338. The molecule has 0 fully saturated rings. The lowest BCUT2D eigenvalue weighted by atomic mass is 10.1. The predicted molar refractivity (Wildman–Crippen MR) is 111 cm³/mol. The van der Waals surface area contributed by atoms with Gasteiger partial charge in [0, 0.05) is 23.2 Å². The van der Waals surface area contributed by atoms with Gasteiger partial charge in [-0.1, -0.05) is 0 Å². The molecule has 0 aliphatic rings. The second-order valence-corrected chi connectivity index (χ2v) is 9.01. The van der Waals surface area contributed by atoms with Crippen molar-refractivity contribution in [2.75, 3.05) is 11.9 Å². The van der Waals surface area contributed by atoms with Crippen molar-refractivity contribution in [3.8, 4) is 0 Å². The Morgan fingerprint density at radius 3 is 2.35 bits per heavy atom. The molecular formula is C18H29ClN4O2S. The van der Waals surface area contributed by atoms with Gasteiger partial charge in [-0.2, -0.15) is 0 Å². The molecule has 0 atom stereocenters. The van der Waals surface area contributed by atoms with Gasteiger partial charge in [-0.3, -0.25) is 0 Å². The summed E-state index contributed by atoms with van der Waals surface area (Å²) in [7, 11) is 0. The van der Waals surface area contributed by atoms with Crippen molar-refractivity contribution in [2.24, 2.45) is 0 Å². The maximum atomic E-state index is 12.4. The van der Waals surface area contributed by atoms with Crippen LogP contribution in [0.25, 0.3) is 10.2 Å². The summed E-state index contributed by atoms with van der Waals surface area (Å²) in [6, 6.07) is 0. The van der Waals surface area contributed by atoms with Crippen LogP contribution in [0, 0.1) is 0 Å². The molecule has 6 nitrogen and oxygen atoms in total. The largest absolute Gasteiger partial charge is 0.462 e. The molecule has 0 aromatic carbocycles. The van der Waals surface area contributed by atoms with E-state index in [0.717, 1.165) is 21.6 Å². The second kappa shape index (κ2) is 8.50. The van der Waals surface area contributed by atoms with Crippen molar-refractivity contribution in [1.29, 1.82) is 0 Å².